The first kappa shape index (κ1) is 21.1. The van der Waals surface area contributed by atoms with Crippen molar-refractivity contribution < 1.29 is 37.3 Å². The minimum atomic E-state index is -4.58. The number of hydrogen-bond donors (Lipinski definition) is 1. The highest BCUT2D eigenvalue weighted by Crippen LogP contribution is 2.36. The number of nitrogens with zero attached hydrogens (tertiary/aromatic N) is 1. The number of carbonyl (C=O) groups is 2. The summed E-state index contributed by atoms with van der Waals surface area (Å²) < 4.78 is 49.3. The lowest BCUT2D eigenvalue weighted by atomic mass is 10.2. The van der Waals surface area contributed by atoms with Crippen molar-refractivity contribution in [1.82, 2.24) is 4.90 Å². The van der Waals surface area contributed by atoms with Gasteiger partial charge in [-0.1, -0.05) is 11.6 Å². The SMILES string of the molecule is CC(C)(C)OC(=O)N1C[C@@H](Oc2cc(C(F)(F)F)ccc2Cl)C[C@H]1C(=O)O. The third-order valence-corrected chi connectivity index (χ3v) is 4.04. The second-order valence-corrected chi connectivity index (χ2v) is 7.51. The highest BCUT2D eigenvalue weighted by Gasteiger charge is 2.43. The molecule has 0 spiro atoms. The predicted octanol–water partition coefficient (Wildman–Crippen LogP) is 4.20. The summed E-state index contributed by atoms with van der Waals surface area (Å²) >= 11 is 5.90. The first-order chi connectivity index (χ1) is 12.3. The molecule has 1 aliphatic rings. The maximum Gasteiger partial charge on any atom is 0.416 e. The van der Waals surface area contributed by atoms with E-state index in [1.54, 1.807) is 20.8 Å². The monoisotopic (exact) mass is 409 g/mol. The Kier molecular flexibility index (Phi) is 5.84. The van der Waals surface area contributed by atoms with Gasteiger partial charge >= 0.3 is 18.2 Å². The van der Waals surface area contributed by atoms with Crippen molar-refractivity contribution in [3.8, 4) is 5.75 Å². The van der Waals surface area contributed by atoms with E-state index in [2.05, 4.69) is 0 Å². The van der Waals surface area contributed by atoms with Crippen molar-refractivity contribution >= 4 is 23.7 Å². The van der Waals surface area contributed by atoms with Crippen LogP contribution in [-0.4, -0.2) is 46.4 Å². The van der Waals surface area contributed by atoms with Crippen LogP contribution in [-0.2, 0) is 15.7 Å². The van der Waals surface area contributed by atoms with Gasteiger partial charge in [-0.25, -0.2) is 9.59 Å². The van der Waals surface area contributed by atoms with Crippen LogP contribution in [0.3, 0.4) is 0 Å². The Labute approximate surface area is 158 Å². The Hall–Kier alpha value is -2.16. The van der Waals surface area contributed by atoms with Crippen LogP contribution in [0.4, 0.5) is 18.0 Å². The van der Waals surface area contributed by atoms with Crippen LogP contribution in [0.15, 0.2) is 18.2 Å². The molecule has 1 aliphatic heterocycles. The number of amides is 1. The molecule has 0 radical (unpaired) electrons. The highest BCUT2D eigenvalue weighted by molar-refractivity contribution is 6.32. The molecule has 10 heteroatoms. The van der Waals surface area contributed by atoms with Gasteiger partial charge in [-0.3, -0.25) is 4.90 Å². The van der Waals surface area contributed by atoms with Crippen molar-refractivity contribution in [2.75, 3.05) is 6.54 Å². The number of carboxylic acid groups (broad SMARTS) is 1. The van der Waals surface area contributed by atoms with Gasteiger partial charge in [0.2, 0.25) is 0 Å². The Morgan fingerprint density at radius 2 is 1.89 bits per heavy atom. The minimum Gasteiger partial charge on any atom is -0.487 e. The second-order valence-electron chi connectivity index (χ2n) is 7.11. The van der Waals surface area contributed by atoms with E-state index in [9.17, 15) is 27.9 Å². The molecular formula is C17H19ClF3NO5. The van der Waals surface area contributed by atoms with Crippen LogP contribution in [0.1, 0.15) is 32.8 Å². The second kappa shape index (κ2) is 7.46. The van der Waals surface area contributed by atoms with Crippen molar-refractivity contribution in [3.63, 3.8) is 0 Å². The highest BCUT2D eigenvalue weighted by atomic mass is 35.5. The molecule has 27 heavy (non-hydrogen) atoms. The van der Waals surface area contributed by atoms with Crippen LogP contribution in [0, 0.1) is 0 Å². The lowest BCUT2D eigenvalue weighted by Crippen LogP contribution is -2.43. The molecular weight excluding hydrogens is 391 g/mol. The van der Waals surface area contributed by atoms with Crippen molar-refractivity contribution in [1.29, 1.82) is 0 Å². The smallest absolute Gasteiger partial charge is 0.416 e. The molecule has 1 aromatic carbocycles. The van der Waals surface area contributed by atoms with E-state index in [1.165, 1.54) is 0 Å². The fourth-order valence-electron chi connectivity index (χ4n) is 2.59. The van der Waals surface area contributed by atoms with E-state index in [-0.39, 0.29) is 23.7 Å². The molecule has 1 saturated heterocycles. The minimum absolute atomic E-state index is 0.0504. The summed E-state index contributed by atoms with van der Waals surface area (Å²) in [4.78, 5) is 24.7. The topological polar surface area (TPSA) is 76.1 Å². The summed E-state index contributed by atoms with van der Waals surface area (Å²) in [6.07, 6.45) is -6.37. The fraction of sp³-hybridized carbons (Fsp3) is 0.529. The Bertz CT molecular complexity index is 732. The van der Waals surface area contributed by atoms with Gasteiger partial charge in [-0.05, 0) is 39.0 Å². The van der Waals surface area contributed by atoms with Crippen molar-refractivity contribution in [2.45, 2.75) is 51.1 Å². The normalized spacial score (nSPS) is 20.5. The van der Waals surface area contributed by atoms with Crippen LogP contribution < -0.4 is 4.74 Å². The summed E-state index contributed by atoms with van der Waals surface area (Å²) in [5.41, 5.74) is -1.78. The third-order valence-electron chi connectivity index (χ3n) is 3.73. The van der Waals surface area contributed by atoms with Gasteiger partial charge < -0.3 is 14.6 Å². The Morgan fingerprint density at radius 1 is 1.26 bits per heavy atom. The molecule has 6 nitrogen and oxygen atoms in total. The fourth-order valence-corrected chi connectivity index (χ4v) is 2.75. The molecule has 2 atom stereocenters. The Balaban J connectivity index is 2.19. The number of alkyl halides is 3. The zero-order valence-electron chi connectivity index (χ0n) is 14.8. The number of rotatable bonds is 3. The van der Waals surface area contributed by atoms with Crippen LogP contribution >= 0.6 is 11.6 Å². The lowest BCUT2D eigenvalue weighted by Gasteiger charge is -2.26. The molecule has 1 amide bonds. The summed E-state index contributed by atoms with van der Waals surface area (Å²) in [5, 5.41) is 9.29. The number of carboxylic acids is 1. The van der Waals surface area contributed by atoms with E-state index < -0.39 is 41.5 Å². The van der Waals surface area contributed by atoms with Gasteiger partial charge in [0.25, 0.3) is 0 Å². The van der Waals surface area contributed by atoms with Gasteiger partial charge in [0.05, 0.1) is 17.1 Å². The quantitative estimate of drug-likeness (QED) is 0.809. The molecule has 150 valence electrons. The predicted molar refractivity (Wildman–Crippen MR) is 89.9 cm³/mol. The maximum atomic E-state index is 12.9. The average Bonchev–Trinajstić information content (AvgIpc) is 2.91. The summed E-state index contributed by atoms with van der Waals surface area (Å²) in [6.45, 7) is 4.74. The number of hydrogen-bond acceptors (Lipinski definition) is 4. The third kappa shape index (κ3) is 5.41. The van der Waals surface area contributed by atoms with E-state index >= 15 is 0 Å². The largest absolute Gasteiger partial charge is 0.487 e. The zero-order chi connectivity index (χ0) is 20.6. The molecule has 0 saturated carbocycles. The number of benzene rings is 1. The van der Waals surface area contributed by atoms with Crippen LogP contribution in [0.5, 0.6) is 5.75 Å². The average molecular weight is 410 g/mol. The maximum absolute atomic E-state index is 12.9. The van der Waals surface area contributed by atoms with E-state index in [0.717, 1.165) is 23.1 Å². The van der Waals surface area contributed by atoms with E-state index in [0.29, 0.717) is 0 Å². The Morgan fingerprint density at radius 3 is 2.41 bits per heavy atom. The number of aliphatic carboxylic acids is 1. The lowest BCUT2D eigenvalue weighted by molar-refractivity contribution is -0.142. The number of ether oxygens (including phenoxy) is 2. The molecule has 1 aromatic rings. The van der Waals surface area contributed by atoms with Gasteiger partial charge in [0.1, 0.15) is 23.5 Å². The molecule has 2 rings (SSSR count). The van der Waals surface area contributed by atoms with Crippen molar-refractivity contribution in [2.24, 2.45) is 0 Å². The molecule has 1 heterocycles. The molecule has 0 unspecified atom stereocenters. The molecule has 1 fully saturated rings. The standard InChI is InChI=1S/C17H19ClF3NO5/c1-16(2,3)27-15(25)22-8-10(7-12(22)14(23)24)26-13-6-9(17(19,20)21)4-5-11(13)18/h4-6,10,12H,7-8H2,1-3H3,(H,23,24)/t10-,12-/m0/s1. The van der Waals surface area contributed by atoms with Gasteiger partial charge in [0.15, 0.2) is 0 Å². The van der Waals surface area contributed by atoms with E-state index in [4.69, 9.17) is 21.1 Å². The van der Waals surface area contributed by atoms with Crippen molar-refractivity contribution in [3.05, 3.63) is 28.8 Å². The zero-order valence-corrected chi connectivity index (χ0v) is 15.6. The summed E-state index contributed by atoms with van der Waals surface area (Å²) in [5.74, 6) is -1.49. The number of halogens is 4. The number of carbonyl (C=O) groups excluding carboxylic acids is 1. The van der Waals surface area contributed by atoms with Crippen LogP contribution in [0.25, 0.3) is 0 Å². The van der Waals surface area contributed by atoms with Gasteiger partial charge in [-0.2, -0.15) is 13.2 Å². The first-order valence-electron chi connectivity index (χ1n) is 8.04. The number of likely N-dealkylation sites (tertiary alicyclic amines) is 1. The van der Waals surface area contributed by atoms with Crippen LogP contribution in [0.2, 0.25) is 5.02 Å². The van der Waals surface area contributed by atoms with E-state index in [1.807, 2.05) is 0 Å². The molecule has 0 aliphatic carbocycles. The molecule has 0 aromatic heterocycles. The summed E-state index contributed by atoms with van der Waals surface area (Å²) in [7, 11) is 0. The van der Waals surface area contributed by atoms with Gasteiger partial charge in [-0.15, -0.1) is 0 Å². The molecule has 1 N–H and O–H groups in total. The first-order valence-corrected chi connectivity index (χ1v) is 8.41. The molecule has 0 bridgehead atoms. The summed E-state index contributed by atoms with van der Waals surface area (Å²) in [6, 6.07) is 1.40. The van der Waals surface area contributed by atoms with Gasteiger partial charge in [0, 0.05) is 6.42 Å².